The van der Waals surface area contributed by atoms with E-state index < -0.39 is 6.10 Å². The number of hydrogen-bond acceptors (Lipinski definition) is 3. The van der Waals surface area contributed by atoms with Gasteiger partial charge < -0.3 is 15.7 Å². The van der Waals surface area contributed by atoms with Gasteiger partial charge in [0.05, 0.1) is 6.10 Å². The van der Waals surface area contributed by atoms with Crippen LogP contribution < -0.4 is 10.6 Å². The van der Waals surface area contributed by atoms with Crippen LogP contribution >= 0.6 is 11.6 Å². The SMILES string of the molecule is CC(O)CNC(C)CC(=O)Nc1cccc(Cl)c1. The third-order valence-electron chi connectivity index (χ3n) is 2.36. The number of aliphatic hydroxyl groups excluding tert-OH is 1. The number of anilines is 1. The van der Waals surface area contributed by atoms with Crippen molar-refractivity contribution in [1.82, 2.24) is 5.32 Å². The van der Waals surface area contributed by atoms with Crippen molar-refractivity contribution in [2.75, 3.05) is 11.9 Å². The smallest absolute Gasteiger partial charge is 0.225 e. The monoisotopic (exact) mass is 270 g/mol. The van der Waals surface area contributed by atoms with E-state index in [2.05, 4.69) is 10.6 Å². The van der Waals surface area contributed by atoms with E-state index in [-0.39, 0.29) is 11.9 Å². The second kappa shape index (κ2) is 7.36. The average molecular weight is 271 g/mol. The molecule has 0 aliphatic heterocycles. The molecule has 3 N–H and O–H groups in total. The minimum atomic E-state index is -0.413. The minimum Gasteiger partial charge on any atom is -0.392 e. The maximum atomic E-state index is 11.7. The lowest BCUT2D eigenvalue weighted by molar-refractivity contribution is -0.116. The normalized spacial score (nSPS) is 14.0. The Kier molecular flexibility index (Phi) is 6.12. The van der Waals surface area contributed by atoms with Crippen LogP contribution in [0.2, 0.25) is 5.02 Å². The van der Waals surface area contributed by atoms with Crippen molar-refractivity contribution in [2.45, 2.75) is 32.4 Å². The summed E-state index contributed by atoms with van der Waals surface area (Å²) in [5, 5.41) is 15.6. The fraction of sp³-hybridized carbons (Fsp3) is 0.462. The molecular formula is C13H19ClN2O2. The van der Waals surface area contributed by atoms with E-state index in [0.717, 1.165) is 0 Å². The third-order valence-corrected chi connectivity index (χ3v) is 2.60. The number of rotatable bonds is 6. The first kappa shape index (κ1) is 15.0. The molecule has 0 aliphatic rings. The van der Waals surface area contributed by atoms with Crippen molar-refractivity contribution in [3.05, 3.63) is 29.3 Å². The van der Waals surface area contributed by atoms with E-state index in [1.54, 1.807) is 31.2 Å². The van der Waals surface area contributed by atoms with Gasteiger partial charge >= 0.3 is 0 Å². The van der Waals surface area contributed by atoms with Crippen molar-refractivity contribution < 1.29 is 9.90 Å². The molecule has 0 saturated carbocycles. The summed E-state index contributed by atoms with van der Waals surface area (Å²) in [6.45, 7) is 4.08. The standard InChI is InChI=1S/C13H19ClN2O2/c1-9(15-8-10(2)17)6-13(18)16-12-5-3-4-11(14)7-12/h3-5,7,9-10,15,17H,6,8H2,1-2H3,(H,16,18). The second-order valence-electron chi connectivity index (χ2n) is 4.42. The third kappa shape index (κ3) is 6.00. The van der Waals surface area contributed by atoms with Crippen molar-refractivity contribution in [1.29, 1.82) is 0 Å². The quantitative estimate of drug-likeness (QED) is 0.741. The molecule has 0 spiro atoms. The van der Waals surface area contributed by atoms with Crippen molar-refractivity contribution in [2.24, 2.45) is 0 Å². The highest BCUT2D eigenvalue weighted by atomic mass is 35.5. The topological polar surface area (TPSA) is 61.4 Å². The number of carbonyl (C=O) groups excluding carboxylic acids is 1. The highest BCUT2D eigenvalue weighted by Gasteiger charge is 2.09. The van der Waals surface area contributed by atoms with E-state index >= 15 is 0 Å². The first-order chi connectivity index (χ1) is 8.47. The zero-order chi connectivity index (χ0) is 13.5. The van der Waals surface area contributed by atoms with Crippen molar-refractivity contribution >= 4 is 23.2 Å². The Morgan fingerprint density at radius 1 is 1.44 bits per heavy atom. The van der Waals surface area contributed by atoms with Gasteiger partial charge in [-0.25, -0.2) is 0 Å². The summed E-state index contributed by atoms with van der Waals surface area (Å²) < 4.78 is 0. The van der Waals surface area contributed by atoms with E-state index in [1.807, 2.05) is 6.92 Å². The van der Waals surface area contributed by atoms with Gasteiger partial charge in [0.2, 0.25) is 5.91 Å². The van der Waals surface area contributed by atoms with Crippen LogP contribution in [0.5, 0.6) is 0 Å². The second-order valence-corrected chi connectivity index (χ2v) is 4.86. The molecule has 0 fully saturated rings. The Morgan fingerprint density at radius 3 is 2.78 bits per heavy atom. The number of hydrogen-bond donors (Lipinski definition) is 3. The molecule has 0 aromatic heterocycles. The van der Waals surface area contributed by atoms with Gasteiger partial charge in [0.15, 0.2) is 0 Å². The summed E-state index contributed by atoms with van der Waals surface area (Å²) in [5.41, 5.74) is 0.690. The largest absolute Gasteiger partial charge is 0.392 e. The zero-order valence-electron chi connectivity index (χ0n) is 10.6. The predicted molar refractivity (Wildman–Crippen MR) is 73.8 cm³/mol. The first-order valence-electron chi connectivity index (χ1n) is 5.94. The van der Waals surface area contributed by atoms with Crippen LogP contribution in [0.15, 0.2) is 24.3 Å². The Morgan fingerprint density at radius 2 is 2.17 bits per heavy atom. The van der Waals surface area contributed by atoms with Gasteiger partial charge in [-0.1, -0.05) is 17.7 Å². The molecule has 4 nitrogen and oxygen atoms in total. The Hall–Kier alpha value is -1.10. The van der Waals surface area contributed by atoms with Crippen LogP contribution in [-0.2, 0) is 4.79 Å². The van der Waals surface area contributed by atoms with E-state index in [4.69, 9.17) is 16.7 Å². The van der Waals surface area contributed by atoms with Crippen molar-refractivity contribution in [3.8, 4) is 0 Å². The average Bonchev–Trinajstić information content (AvgIpc) is 2.26. The molecule has 0 radical (unpaired) electrons. The molecule has 2 atom stereocenters. The molecule has 5 heteroatoms. The number of aliphatic hydroxyl groups is 1. The molecule has 2 unspecified atom stereocenters. The maximum absolute atomic E-state index is 11.7. The molecule has 18 heavy (non-hydrogen) atoms. The molecule has 1 amide bonds. The lowest BCUT2D eigenvalue weighted by Crippen LogP contribution is -2.35. The highest BCUT2D eigenvalue weighted by molar-refractivity contribution is 6.30. The van der Waals surface area contributed by atoms with Crippen LogP contribution in [0.3, 0.4) is 0 Å². The minimum absolute atomic E-state index is 0.0128. The number of amides is 1. The number of halogens is 1. The van der Waals surface area contributed by atoms with Crippen molar-refractivity contribution in [3.63, 3.8) is 0 Å². The lowest BCUT2D eigenvalue weighted by atomic mass is 10.2. The maximum Gasteiger partial charge on any atom is 0.225 e. The summed E-state index contributed by atoms with van der Waals surface area (Å²) in [7, 11) is 0. The van der Waals surface area contributed by atoms with E-state index in [1.165, 1.54) is 0 Å². The van der Waals surface area contributed by atoms with Crippen LogP contribution in [0.4, 0.5) is 5.69 Å². The number of carbonyl (C=O) groups is 1. The lowest BCUT2D eigenvalue weighted by Gasteiger charge is -2.14. The van der Waals surface area contributed by atoms with Gasteiger partial charge in [-0.3, -0.25) is 4.79 Å². The van der Waals surface area contributed by atoms with Gasteiger partial charge in [-0.15, -0.1) is 0 Å². The molecule has 1 aromatic carbocycles. The van der Waals surface area contributed by atoms with Gasteiger partial charge in [0.1, 0.15) is 0 Å². The fourth-order valence-corrected chi connectivity index (χ4v) is 1.69. The molecule has 1 rings (SSSR count). The zero-order valence-corrected chi connectivity index (χ0v) is 11.4. The van der Waals surface area contributed by atoms with E-state index in [9.17, 15) is 4.79 Å². The molecule has 1 aromatic rings. The van der Waals surface area contributed by atoms with E-state index in [0.29, 0.717) is 23.7 Å². The molecule has 100 valence electrons. The molecule has 0 bridgehead atoms. The predicted octanol–water partition coefficient (Wildman–Crippen LogP) is 2.03. The van der Waals surface area contributed by atoms with Crippen LogP contribution in [0.1, 0.15) is 20.3 Å². The molecule has 0 saturated heterocycles. The Labute approximate surface area is 112 Å². The van der Waals surface area contributed by atoms with Gasteiger partial charge in [0.25, 0.3) is 0 Å². The van der Waals surface area contributed by atoms with Crippen LogP contribution in [0, 0.1) is 0 Å². The fourth-order valence-electron chi connectivity index (χ4n) is 1.50. The summed E-state index contributed by atoms with van der Waals surface area (Å²) in [6.07, 6.45) is -0.0670. The summed E-state index contributed by atoms with van der Waals surface area (Å²) in [5.74, 6) is -0.0807. The van der Waals surface area contributed by atoms with Gasteiger partial charge in [0, 0.05) is 29.7 Å². The summed E-state index contributed by atoms with van der Waals surface area (Å²) in [6, 6.07) is 7.04. The van der Waals surface area contributed by atoms with Gasteiger partial charge in [-0.2, -0.15) is 0 Å². The van der Waals surface area contributed by atoms with Crippen LogP contribution in [0.25, 0.3) is 0 Å². The van der Waals surface area contributed by atoms with Gasteiger partial charge in [-0.05, 0) is 32.0 Å². The Bertz CT molecular complexity index is 396. The van der Waals surface area contributed by atoms with Crippen LogP contribution in [-0.4, -0.2) is 29.7 Å². The summed E-state index contributed by atoms with van der Waals surface area (Å²) in [4.78, 5) is 11.7. The Balaban J connectivity index is 2.37. The number of benzene rings is 1. The summed E-state index contributed by atoms with van der Waals surface area (Å²) >= 11 is 5.83. The molecule has 0 heterocycles. The number of nitrogens with one attached hydrogen (secondary N) is 2. The highest BCUT2D eigenvalue weighted by Crippen LogP contribution is 2.15. The molecular weight excluding hydrogens is 252 g/mol. The molecule has 0 aliphatic carbocycles. The first-order valence-corrected chi connectivity index (χ1v) is 6.32.